The minimum absolute atomic E-state index is 0.126. The van der Waals surface area contributed by atoms with E-state index in [0.717, 1.165) is 34.1 Å². The normalized spacial score (nSPS) is 19.8. The van der Waals surface area contributed by atoms with Crippen LogP contribution in [0.15, 0.2) is 28.7 Å². The number of nitrogens with one attached hydrogen (secondary N) is 2. The second kappa shape index (κ2) is 11.4. The smallest absolute Gasteiger partial charge is 0.308 e. The molecule has 2 fully saturated rings. The van der Waals surface area contributed by atoms with Crippen molar-refractivity contribution in [3.05, 3.63) is 45.6 Å². The van der Waals surface area contributed by atoms with E-state index in [1.807, 2.05) is 26.8 Å². The summed E-state index contributed by atoms with van der Waals surface area (Å²) in [6.45, 7) is 7.46. The first-order valence-electron chi connectivity index (χ1n) is 13.2. The molecule has 2 atom stereocenters. The molecular formula is C30H35BrN4O4. The van der Waals surface area contributed by atoms with Crippen molar-refractivity contribution >= 4 is 50.9 Å². The van der Waals surface area contributed by atoms with Crippen LogP contribution in [0.3, 0.4) is 0 Å². The Labute approximate surface area is 238 Å². The highest BCUT2D eigenvalue weighted by Gasteiger charge is 2.42. The summed E-state index contributed by atoms with van der Waals surface area (Å²) in [4.78, 5) is 31.4. The van der Waals surface area contributed by atoms with Crippen molar-refractivity contribution in [2.75, 3.05) is 17.3 Å². The van der Waals surface area contributed by atoms with Gasteiger partial charge < -0.3 is 15.2 Å². The first kappa shape index (κ1) is 28.6. The standard InChI is InChI=1S/C30H35BrN4O4/c1-6-7-26(36)35(24-14-17(2)22(31)15-20(24)18-8-9-18)25-13-12-23(33-5)27(34-25)28(32)39-19-10-11-21(29(37)38)30(3,4)16-19/h12-15,18-19,21,32-33H,8-11,16H2,1-5H3,(H,37,38)/t19-,21-/m0/s1. The maximum absolute atomic E-state index is 13.4. The van der Waals surface area contributed by atoms with Gasteiger partial charge in [0, 0.05) is 11.5 Å². The third-order valence-electron chi connectivity index (χ3n) is 7.65. The summed E-state index contributed by atoms with van der Waals surface area (Å²) in [5.41, 5.74) is 3.19. The lowest BCUT2D eigenvalue weighted by molar-refractivity contribution is -0.149. The number of nitrogens with zero attached hydrogens (tertiary/aromatic N) is 2. The lowest BCUT2D eigenvalue weighted by atomic mass is 9.68. The summed E-state index contributed by atoms with van der Waals surface area (Å²) in [5.74, 6) is 4.32. The average Bonchev–Trinajstić information content (AvgIpc) is 3.71. The van der Waals surface area contributed by atoms with E-state index in [1.165, 1.54) is 4.90 Å². The SMILES string of the molecule is CC#CC(=O)N(c1ccc(NC)c(C(=N)O[C@H]2CC[C@@H](C(=O)O)C(C)(C)C2)n1)c1cc(C)c(Br)cc1C1CC1. The van der Waals surface area contributed by atoms with E-state index in [9.17, 15) is 14.7 Å². The number of anilines is 3. The van der Waals surface area contributed by atoms with Gasteiger partial charge in [-0.15, -0.1) is 0 Å². The van der Waals surface area contributed by atoms with Crippen LogP contribution in [0.2, 0.25) is 0 Å². The molecule has 1 aromatic heterocycles. The van der Waals surface area contributed by atoms with Gasteiger partial charge in [-0.05, 0) is 98.6 Å². The summed E-state index contributed by atoms with van der Waals surface area (Å²) in [7, 11) is 1.74. The second-order valence-electron chi connectivity index (χ2n) is 11.0. The number of carbonyl (C=O) groups is 2. The Bertz CT molecular complexity index is 1370. The Morgan fingerprint density at radius 2 is 1.95 bits per heavy atom. The molecule has 39 heavy (non-hydrogen) atoms. The molecule has 2 aliphatic carbocycles. The highest BCUT2D eigenvalue weighted by Crippen LogP contribution is 2.47. The summed E-state index contributed by atoms with van der Waals surface area (Å²) in [6, 6.07) is 7.58. The summed E-state index contributed by atoms with van der Waals surface area (Å²) in [5, 5.41) is 21.5. The van der Waals surface area contributed by atoms with E-state index in [-0.39, 0.29) is 17.7 Å². The van der Waals surface area contributed by atoms with Crippen LogP contribution < -0.4 is 10.2 Å². The van der Waals surface area contributed by atoms with Gasteiger partial charge in [-0.2, -0.15) is 0 Å². The van der Waals surface area contributed by atoms with Gasteiger partial charge in [0.05, 0.1) is 17.3 Å². The lowest BCUT2D eigenvalue weighted by Gasteiger charge is -2.40. The predicted octanol–water partition coefficient (Wildman–Crippen LogP) is 6.38. The second-order valence-corrected chi connectivity index (χ2v) is 11.8. The summed E-state index contributed by atoms with van der Waals surface area (Å²) < 4.78 is 7.07. The molecule has 1 amide bonds. The van der Waals surface area contributed by atoms with Gasteiger partial charge >= 0.3 is 11.9 Å². The average molecular weight is 596 g/mol. The van der Waals surface area contributed by atoms with Gasteiger partial charge in [0.1, 0.15) is 17.6 Å². The van der Waals surface area contributed by atoms with Crippen molar-refractivity contribution in [2.24, 2.45) is 11.3 Å². The van der Waals surface area contributed by atoms with E-state index in [2.05, 4.69) is 39.2 Å². The van der Waals surface area contributed by atoms with Crippen molar-refractivity contribution in [3.63, 3.8) is 0 Å². The topological polar surface area (TPSA) is 116 Å². The monoisotopic (exact) mass is 594 g/mol. The maximum atomic E-state index is 13.4. The zero-order valence-corrected chi connectivity index (χ0v) is 24.6. The van der Waals surface area contributed by atoms with Crippen molar-refractivity contribution in [2.45, 2.75) is 71.8 Å². The van der Waals surface area contributed by atoms with Crippen molar-refractivity contribution in [1.82, 2.24) is 4.98 Å². The van der Waals surface area contributed by atoms with Gasteiger partial charge in [0.25, 0.3) is 0 Å². The molecule has 3 N–H and O–H groups in total. The number of benzene rings is 1. The van der Waals surface area contributed by atoms with E-state index >= 15 is 0 Å². The molecule has 0 bridgehead atoms. The number of carbonyl (C=O) groups excluding carboxylic acids is 1. The van der Waals surface area contributed by atoms with Crippen LogP contribution in [0.25, 0.3) is 0 Å². The Balaban J connectivity index is 1.71. The maximum Gasteiger partial charge on any atom is 0.308 e. The molecule has 2 saturated carbocycles. The number of pyridine rings is 1. The van der Waals surface area contributed by atoms with Crippen molar-refractivity contribution in [3.8, 4) is 11.8 Å². The van der Waals surface area contributed by atoms with Gasteiger partial charge in [-0.1, -0.05) is 35.7 Å². The number of hydrogen-bond acceptors (Lipinski definition) is 6. The van der Waals surface area contributed by atoms with Crippen molar-refractivity contribution < 1.29 is 19.4 Å². The first-order valence-corrected chi connectivity index (χ1v) is 14.0. The molecule has 8 nitrogen and oxygen atoms in total. The number of carboxylic acid groups (broad SMARTS) is 1. The molecule has 206 valence electrons. The number of carboxylic acids is 1. The Morgan fingerprint density at radius 3 is 2.54 bits per heavy atom. The van der Waals surface area contributed by atoms with E-state index in [0.29, 0.717) is 36.7 Å². The Morgan fingerprint density at radius 1 is 1.23 bits per heavy atom. The van der Waals surface area contributed by atoms with E-state index in [4.69, 9.17) is 15.1 Å². The molecule has 9 heteroatoms. The molecule has 4 rings (SSSR count). The number of hydrogen-bond donors (Lipinski definition) is 3. The van der Waals surface area contributed by atoms with Crippen LogP contribution in [0.5, 0.6) is 0 Å². The molecular weight excluding hydrogens is 560 g/mol. The molecule has 1 heterocycles. The fourth-order valence-electron chi connectivity index (χ4n) is 5.40. The molecule has 2 aliphatic rings. The minimum atomic E-state index is -0.797. The van der Waals surface area contributed by atoms with Gasteiger partial charge in [0.2, 0.25) is 5.90 Å². The largest absolute Gasteiger partial charge is 0.481 e. The number of halogens is 1. The quantitative estimate of drug-likeness (QED) is 0.194. The Hall–Kier alpha value is -3.38. The molecule has 0 unspecified atom stereocenters. The number of amides is 1. The van der Waals surface area contributed by atoms with Crippen LogP contribution in [-0.2, 0) is 14.3 Å². The van der Waals surface area contributed by atoms with Crippen LogP contribution in [0.4, 0.5) is 17.2 Å². The zero-order valence-electron chi connectivity index (χ0n) is 23.0. The number of ether oxygens (including phenoxy) is 1. The Kier molecular flexibility index (Phi) is 8.36. The van der Waals surface area contributed by atoms with Gasteiger partial charge in [-0.3, -0.25) is 19.9 Å². The summed E-state index contributed by atoms with van der Waals surface area (Å²) >= 11 is 3.63. The van der Waals surface area contributed by atoms with Crippen LogP contribution in [0.1, 0.15) is 75.6 Å². The third-order valence-corrected chi connectivity index (χ3v) is 8.51. The predicted molar refractivity (Wildman–Crippen MR) is 156 cm³/mol. The summed E-state index contributed by atoms with van der Waals surface area (Å²) in [6.07, 6.45) is 3.34. The number of aryl methyl sites for hydroxylation is 1. The first-order chi connectivity index (χ1) is 18.5. The van der Waals surface area contributed by atoms with E-state index < -0.39 is 23.2 Å². The molecule has 0 aliphatic heterocycles. The lowest BCUT2D eigenvalue weighted by Crippen LogP contribution is -2.40. The van der Waals surface area contributed by atoms with Gasteiger partial charge in [-0.25, -0.2) is 4.98 Å². The fourth-order valence-corrected chi connectivity index (χ4v) is 5.76. The fraction of sp³-hybridized carbons (Fsp3) is 0.467. The van der Waals surface area contributed by atoms with E-state index in [1.54, 1.807) is 26.1 Å². The van der Waals surface area contributed by atoms with Crippen LogP contribution in [-0.4, -0.2) is 41.0 Å². The van der Waals surface area contributed by atoms with Crippen molar-refractivity contribution in [1.29, 1.82) is 5.41 Å². The molecule has 0 saturated heterocycles. The number of aliphatic carboxylic acids is 1. The van der Waals surface area contributed by atoms with Gasteiger partial charge in [0.15, 0.2) is 0 Å². The third kappa shape index (κ3) is 6.11. The molecule has 1 aromatic carbocycles. The molecule has 0 radical (unpaired) electrons. The van der Waals surface area contributed by atoms with Crippen LogP contribution >= 0.6 is 15.9 Å². The number of rotatable bonds is 7. The highest BCUT2D eigenvalue weighted by molar-refractivity contribution is 9.10. The molecule has 0 spiro atoms. The number of aromatic nitrogens is 1. The molecule has 2 aromatic rings. The highest BCUT2D eigenvalue weighted by atomic mass is 79.9. The minimum Gasteiger partial charge on any atom is -0.481 e. The van der Waals surface area contributed by atoms with Crippen LogP contribution in [0, 0.1) is 35.5 Å². The zero-order chi connectivity index (χ0) is 28.5.